The van der Waals surface area contributed by atoms with E-state index in [9.17, 15) is 5.11 Å². The van der Waals surface area contributed by atoms with Gasteiger partial charge < -0.3 is 15.3 Å². The molecule has 0 aromatic heterocycles. The molecule has 0 radical (unpaired) electrons. The lowest BCUT2D eigenvalue weighted by atomic mass is 9.97. The summed E-state index contributed by atoms with van der Waals surface area (Å²) in [6.45, 7) is 4.55. The molecule has 2 rings (SSSR count). The summed E-state index contributed by atoms with van der Waals surface area (Å²) >= 11 is 0. The minimum absolute atomic E-state index is 0.0377. The maximum absolute atomic E-state index is 9.48. The molecule has 19 heavy (non-hydrogen) atoms. The SMILES string of the molecule is OC1CCN(CCCNC2CCCCCCC2)CC1. The Labute approximate surface area is 118 Å². The summed E-state index contributed by atoms with van der Waals surface area (Å²) in [4.78, 5) is 2.51. The van der Waals surface area contributed by atoms with Gasteiger partial charge in [-0.25, -0.2) is 0 Å². The van der Waals surface area contributed by atoms with E-state index in [0.717, 1.165) is 32.0 Å². The number of rotatable bonds is 5. The van der Waals surface area contributed by atoms with E-state index in [0.29, 0.717) is 0 Å². The van der Waals surface area contributed by atoms with Crippen LogP contribution in [0, 0.1) is 0 Å². The highest BCUT2D eigenvalue weighted by Crippen LogP contribution is 2.17. The first-order chi connectivity index (χ1) is 9.34. The van der Waals surface area contributed by atoms with Crippen LogP contribution in [-0.2, 0) is 0 Å². The molecule has 1 saturated heterocycles. The molecule has 2 aliphatic rings. The normalized spacial score (nSPS) is 25.1. The van der Waals surface area contributed by atoms with E-state index in [1.807, 2.05) is 0 Å². The molecular formula is C16H32N2O. The molecule has 1 aliphatic heterocycles. The fraction of sp³-hybridized carbons (Fsp3) is 1.00. The average Bonchev–Trinajstić information content (AvgIpc) is 2.38. The molecule has 0 aromatic rings. The van der Waals surface area contributed by atoms with Crippen molar-refractivity contribution in [3.8, 4) is 0 Å². The van der Waals surface area contributed by atoms with Crippen LogP contribution in [0.5, 0.6) is 0 Å². The number of nitrogens with zero attached hydrogens (tertiary/aromatic N) is 1. The van der Waals surface area contributed by atoms with E-state index >= 15 is 0 Å². The summed E-state index contributed by atoms with van der Waals surface area (Å²) in [5.74, 6) is 0. The van der Waals surface area contributed by atoms with Crippen molar-refractivity contribution in [2.45, 2.75) is 76.4 Å². The maximum atomic E-state index is 9.48. The third-order valence-corrected chi connectivity index (χ3v) is 4.75. The van der Waals surface area contributed by atoms with Gasteiger partial charge in [-0.2, -0.15) is 0 Å². The van der Waals surface area contributed by atoms with Crippen molar-refractivity contribution in [1.82, 2.24) is 10.2 Å². The van der Waals surface area contributed by atoms with Gasteiger partial charge in [0.15, 0.2) is 0 Å². The van der Waals surface area contributed by atoms with Gasteiger partial charge in [0.25, 0.3) is 0 Å². The molecule has 0 aromatic carbocycles. The second kappa shape index (κ2) is 8.93. The quantitative estimate of drug-likeness (QED) is 0.752. The molecule has 3 nitrogen and oxygen atoms in total. The molecule has 1 saturated carbocycles. The van der Waals surface area contributed by atoms with Crippen LogP contribution in [0.15, 0.2) is 0 Å². The third kappa shape index (κ3) is 6.24. The Bertz CT molecular complexity index is 219. The molecule has 1 heterocycles. The molecule has 0 unspecified atom stereocenters. The van der Waals surface area contributed by atoms with Crippen molar-refractivity contribution in [2.75, 3.05) is 26.2 Å². The van der Waals surface area contributed by atoms with Gasteiger partial charge in [0.1, 0.15) is 0 Å². The minimum Gasteiger partial charge on any atom is -0.393 e. The van der Waals surface area contributed by atoms with Crippen molar-refractivity contribution >= 4 is 0 Å². The summed E-state index contributed by atoms with van der Waals surface area (Å²) in [5.41, 5.74) is 0. The van der Waals surface area contributed by atoms with Gasteiger partial charge in [-0.15, -0.1) is 0 Å². The fourth-order valence-corrected chi connectivity index (χ4v) is 3.41. The molecule has 2 fully saturated rings. The lowest BCUT2D eigenvalue weighted by molar-refractivity contribution is 0.0820. The van der Waals surface area contributed by atoms with Crippen LogP contribution in [0.4, 0.5) is 0 Å². The van der Waals surface area contributed by atoms with Crippen LogP contribution >= 0.6 is 0 Å². The largest absolute Gasteiger partial charge is 0.393 e. The van der Waals surface area contributed by atoms with Crippen LogP contribution in [0.1, 0.15) is 64.2 Å². The number of hydrogen-bond donors (Lipinski definition) is 2. The molecule has 3 heteroatoms. The van der Waals surface area contributed by atoms with Gasteiger partial charge >= 0.3 is 0 Å². The summed E-state index contributed by atoms with van der Waals surface area (Å²) in [5, 5.41) is 13.2. The first kappa shape index (κ1) is 15.3. The topological polar surface area (TPSA) is 35.5 Å². The molecule has 0 atom stereocenters. The Morgan fingerprint density at radius 3 is 2.21 bits per heavy atom. The van der Waals surface area contributed by atoms with E-state index in [4.69, 9.17) is 0 Å². The van der Waals surface area contributed by atoms with E-state index in [-0.39, 0.29) is 6.10 Å². The van der Waals surface area contributed by atoms with Crippen LogP contribution in [0.3, 0.4) is 0 Å². The Hall–Kier alpha value is -0.120. The molecule has 0 bridgehead atoms. The zero-order valence-electron chi connectivity index (χ0n) is 12.4. The highest BCUT2D eigenvalue weighted by molar-refractivity contribution is 4.73. The van der Waals surface area contributed by atoms with Crippen molar-refractivity contribution in [3.05, 3.63) is 0 Å². The van der Waals surface area contributed by atoms with Gasteiger partial charge in [-0.05, 0) is 45.2 Å². The maximum Gasteiger partial charge on any atom is 0.0564 e. The zero-order chi connectivity index (χ0) is 13.3. The monoisotopic (exact) mass is 268 g/mol. The number of nitrogens with one attached hydrogen (secondary N) is 1. The molecule has 112 valence electrons. The van der Waals surface area contributed by atoms with Crippen LogP contribution < -0.4 is 5.32 Å². The summed E-state index contributed by atoms with van der Waals surface area (Å²) in [6.07, 6.45) is 13.1. The number of aliphatic hydroxyl groups is 1. The number of aliphatic hydroxyl groups excluding tert-OH is 1. The highest BCUT2D eigenvalue weighted by atomic mass is 16.3. The van der Waals surface area contributed by atoms with Gasteiger partial charge in [-0.1, -0.05) is 32.1 Å². The summed E-state index contributed by atoms with van der Waals surface area (Å²) in [6, 6.07) is 0.781. The van der Waals surface area contributed by atoms with Gasteiger partial charge in [0, 0.05) is 19.1 Å². The molecule has 2 N–H and O–H groups in total. The van der Waals surface area contributed by atoms with Crippen molar-refractivity contribution in [2.24, 2.45) is 0 Å². The first-order valence-corrected chi connectivity index (χ1v) is 8.48. The number of hydrogen-bond acceptors (Lipinski definition) is 3. The summed E-state index contributed by atoms with van der Waals surface area (Å²) < 4.78 is 0. The third-order valence-electron chi connectivity index (χ3n) is 4.75. The first-order valence-electron chi connectivity index (χ1n) is 8.48. The number of likely N-dealkylation sites (tertiary alicyclic amines) is 1. The Balaban J connectivity index is 1.51. The van der Waals surface area contributed by atoms with Crippen molar-refractivity contribution in [3.63, 3.8) is 0 Å². The fourth-order valence-electron chi connectivity index (χ4n) is 3.41. The lowest BCUT2D eigenvalue weighted by Gasteiger charge is -2.29. The summed E-state index contributed by atoms with van der Waals surface area (Å²) in [7, 11) is 0. The molecule has 0 amide bonds. The van der Waals surface area contributed by atoms with Crippen LogP contribution in [-0.4, -0.2) is 48.3 Å². The van der Waals surface area contributed by atoms with Gasteiger partial charge in [0.05, 0.1) is 6.10 Å². The lowest BCUT2D eigenvalue weighted by Crippen LogP contribution is -2.38. The Kier molecular flexibility index (Phi) is 7.18. The second-order valence-electron chi connectivity index (χ2n) is 6.42. The van der Waals surface area contributed by atoms with E-state index < -0.39 is 0 Å². The average molecular weight is 268 g/mol. The molecule has 0 spiro atoms. The highest BCUT2D eigenvalue weighted by Gasteiger charge is 2.16. The van der Waals surface area contributed by atoms with Crippen LogP contribution in [0.25, 0.3) is 0 Å². The van der Waals surface area contributed by atoms with E-state index in [2.05, 4.69) is 10.2 Å². The molecular weight excluding hydrogens is 236 g/mol. The smallest absolute Gasteiger partial charge is 0.0564 e. The minimum atomic E-state index is -0.0377. The predicted octanol–water partition coefficient (Wildman–Crippen LogP) is 2.54. The van der Waals surface area contributed by atoms with Crippen LogP contribution in [0.2, 0.25) is 0 Å². The van der Waals surface area contributed by atoms with E-state index in [1.165, 1.54) is 64.5 Å². The standard InChI is InChI=1S/C16H32N2O/c19-16-9-13-18(14-10-16)12-6-11-17-15-7-4-2-1-3-5-8-15/h15-17,19H,1-14H2. The molecule has 1 aliphatic carbocycles. The Morgan fingerprint density at radius 1 is 0.895 bits per heavy atom. The van der Waals surface area contributed by atoms with Gasteiger partial charge in [0.2, 0.25) is 0 Å². The van der Waals surface area contributed by atoms with Crippen molar-refractivity contribution < 1.29 is 5.11 Å². The number of piperidine rings is 1. The van der Waals surface area contributed by atoms with Gasteiger partial charge in [-0.3, -0.25) is 0 Å². The van der Waals surface area contributed by atoms with E-state index in [1.54, 1.807) is 0 Å². The zero-order valence-corrected chi connectivity index (χ0v) is 12.4. The predicted molar refractivity (Wildman–Crippen MR) is 80.4 cm³/mol. The second-order valence-corrected chi connectivity index (χ2v) is 6.42. The Morgan fingerprint density at radius 2 is 1.53 bits per heavy atom. The van der Waals surface area contributed by atoms with Crippen molar-refractivity contribution in [1.29, 1.82) is 0 Å².